The molecule has 3 rings (SSSR count). The smallest absolute Gasteiger partial charge is 0.305 e. The second kappa shape index (κ2) is 7.19. The minimum atomic E-state index is -0.988. The molecule has 0 fully saturated rings. The molecule has 1 unspecified atom stereocenters. The maximum Gasteiger partial charge on any atom is 0.305 e. The van der Waals surface area contributed by atoms with Crippen LogP contribution in [0.5, 0.6) is 0 Å². The van der Waals surface area contributed by atoms with Gasteiger partial charge in [-0.3, -0.25) is 9.59 Å². The first-order valence-corrected chi connectivity index (χ1v) is 8.67. The van der Waals surface area contributed by atoms with E-state index in [0.717, 1.165) is 11.1 Å². The zero-order valence-corrected chi connectivity index (χ0v) is 15.5. The Kier molecular flexibility index (Phi) is 4.94. The molecule has 140 valence electrons. The van der Waals surface area contributed by atoms with E-state index >= 15 is 0 Å². The Balaban J connectivity index is 1.87. The maximum absolute atomic E-state index is 12.7. The largest absolute Gasteiger partial charge is 0.481 e. The number of carboxylic acids is 1. The van der Waals surface area contributed by atoms with E-state index in [-0.39, 0.29) is 11.8 Å². The third kappa shape index (κ3) is 4.13. The highest BCUT2D eigenvalue weighted by Crippen LogP contribution is 2.25. The summed E-state index contributed by atoms with van der Waals surface area (Å²) in [4.78, 5) is 28.2. The van der Waals surface area contributed by atoms with Crippen LogP contribution in [0.4, 0.5) is 0 Å². The van der Waals surface area contributed by atoms with Crippen LogP contribution in [0, 0.1) is 0 Å². The van der Waals surface area contributed by atoms with Crippen LogP contribution in [0.25, 0.3) is 5.65 Å². The molecule has 27 heavy (non-hydrogen) atoms. The van der Waals surface area contributed by atoms with Crippen molar-refractivity contribution >= 4 is 17.5 Å². The van der Waals surface area contributed by atoms with E-state index in [0.29, 0.717) is 11.2 Å². The number of amides is 1. The van der Waals surface area contributed by atoms with Gasteiger partial charge in [0.15, 0.2) is 5.65 Å². The molecule has 0 saturated carbocycles. The molecule has 0 radical (unpaired) electrons. The van der Waals surface area contributed by atoms with Gasteiger partial charge < -0.3 is 10.4 Å². The van der Waals surface area contributed by atoms with Crippen molar-refractivity contribution in [1.29, 1.82) is 0 Å². The van der Waals surface area contributed by atoms with Crippen molar-refractivity contribution in [2.75, 3.05) is 0 Å². The van der Waals surface area contributed by atoms with Crippen LogP contribution < -0.4 is 5.32 Å². The number of nitrogens with one attached hydrogen (secondary N) is 1. The summed E-state index contributed by atoms with van der Waals surface area (Å²) in [7, 11) is 0. The monoisotopic (exact) mass is 366 g/mol. The van der Waals surface area contributed by atoms with Crippen LogP contribution in [0.15, 0.2) is 48.9 Å². The van der Waals surface area contributed by atoms with Crippen LogP contribution in [-0.4, -0.2) is 31.6 Å². The SMILES string of the molecule is CC(C)(C)c1ccc(C(CC(=O)O)NC(=O)c2cnn3cccnc23)cc1. The van der Waals surface area contributed by atoms with Crippen molar-refractivity contribution in [3.05, 3.63) is 65.6 Å². The van der Waals surface area contributed by atoms with Crippen LogP contribution in [-0.2, 0) is 10.2 Å². The normalized spacial score (nSPS) is 12.7. The second-order valence-electron chi connectivity index (χ2n) is 7.44. The number of aliphatic carboxylic acids is 1. The summed E-state index contributed by atoms with van der Waals surface area (Å²) in [5.74, 6) is -1.40. The lowest BCUT2D eigenvalue weighted by Crippen LogP contribution is -2.30. The highest BCUT2D eigenvalue weighted by Gasteiger charge is 2.22. The Morgan fingerprint density at radius 3 is 2.56 bits per heavy atom. The van der Waals surface area contributed by atoms with Gasteiger partial charge in [-0.05, 0) is 22.6 Å². The number of benzene rings is 1. The van der Waals surface area contributed by atoms with Crippen molar-refractivity contribution < 1.29 is 14.7 Å². The van der Waals surface area contributed by atoms with Crippen LogP contribution in [0.1, 0.15) is 54.7 Å². The van der Waals surface area contributed by atoms with Crippen molar-refractivity contribution in [2.24, 2.45) is 0 Å². The van der Waals surface area contributed by atoms with Gasteiger partial charge in [0.1, 0.15) is 5.56 Å². The number of carboxylic acid groups (broad SMARTS) is 1. The first-order chi connectivity index (χ1) is 12.8. The van der Waals surface area contributed by atoms with Gasteiger partial charge in [-0.2, -0.15) is 5.10 Å². The number of hydrogen-bond donors (Lipinski definition) is 2. The van der Waals surface area contributed by atoms with Crippen LogP contribution >= 0.6 is 0 Å². The van der Waals surface area contributed by atoms with E-state index in [1.807, 2.05) is 24.3 Å². The van der Waals surface area contributed by atoms with E-state index in [1.54, 1.807) is 18.5 Å². The van der Waals surface area contributed by atoms with Gasteiger partial charge in [0, 0.05) is 12.4 Å². The zero-order valence-electron chi connectivity index (χ0n) is 15.5. The summed E-state index contributed by atoms with van der Waals surface area (Å²) in [5, 5.41) is 16.2. The number of carbonyl (C=O) groups excluding carboxylic acids is 1. The second-order valence-corrected chi connectivity index (χ2v) is 7.44. The summed E-state index contributed by atoms with van der Waals surface area (Å²) in [6.45, 7) is 6.32. The molecule has 2 N–H and O–H groups in total. The van der Waals surface area contributed by atoms with E-state index in [9.17, 15) is 14.7 Å². The van der Waals surface area contributed by atoms with Gasteiger partial charge in [-0.25, -0.2) is 9.50 Å². The van der Waals surface area contributed by atoms with Crippen molar-refractivity contribution in [1.82, 2.24) is 19.9 Å². The van der Waals surface area contributed by atoms with Crippen molar-refractivity contribution in [3.63, 3.8) is 0 Å². The molecule has 0 aliphatic carbocycles. The minimum absolute atomic E-state index is 0.00710. The topological polar surface area (TPSA) is 96.6 Å². The molecule has 1 atom stereocenters. The molecular weight excluding hydrogens is 344 g/mol. The molecule has 2 heterocycles. The fraction of sp³-hybridized carbons (Fsp3) is 0.300. The fourth-order valence-electron chi connectivity index (χ4n) is 2.87. The number of carbonyl (C=O) groups is 2. The Labute approximate surface area is 157 Å². The molecule has 0 spiro atoms. The summed E-state index contributed by atoms with van der Waals surface area (Å²) >= 11 is 0. The molecule has 7 nitrogen and oxygen atoms in total. The standard InChI is InChI=1S/C20H22N4O3/c1-20(2,3)14-7-5-13(6-8-14)16(11-17(25)26)23-19(27)15-12-22-24-10-4-9-21-18(15)24/h4-10,12,16H,11H2,1-3H3,(H,23,27)(H,25,26). The first kappa shape index (κ1) is 18.6. The lowest BCUT2D eigenvalue weighted by Gasteiger charge is -2.21. The molecule has 0 bridgehead atoms. The third-order valence-corrected chi connectivity index (χ3v) is 4.39. The van der Waals surface area contributed by atoms with Crippen molar-refractivity contribution in [3.8, 4) is 0 Å². The average molecular weight is 366 g/mol. The molecule has 0 aliphatic rings. The molecule has 0 aliphatic heterocycles. The van der Waals surface area contributed by atoms with Crippen LogP contribution in [0.2, 0.25) is 0 Å². The summed E-state index contributed by atoms with van der Waals surface area (Å²) in [6, 6.07) is 8.72. The highest BCUT2D eigenvalue weighted by atomic mass is 16.4. The van der Waals surface area contributed by atoms with Gasteiger partial charge in [-0.15, -0.1) is 0 Å². The molecule has 7 heteroatoms. The van der Waals surface area contributed by atoms with E-state index < -0.39 is 17.9 Å². The van der Waals surface area contributed by atoms with Gasteiger partial charge in [0.05, 0.1) is 18.7 Å². The lowest BCUT2D eigenvalue weighted by atomic mass is 9.86. The highest BCUT2D eigenvalue weighted by molar-refractivity contribution is 5.99. The zero-order chi connectivity index (χ0) is 19.6. The Bertz CT molecular complexity index is 971. The van der Waals surface area contributed by atoms with Gasteiger partial charge in [-0.1, -0.05) is 45.0 Å². The third-order valence-electron chi connectivity index (χ3n) is 4.39. The van der Waals surface area contributed by atoms with Gasteiger partial charge in [0.2, 0.25) is 0 Å². The summed E-state index contributed by atoms with van der Waals surface area (Å²) in [5.41, 5.74) is 2.60. The molecule has 3 aromatic rings. The summed E-state index contributed by atoms with van der Waals surface area (Å²) in [6.07, 6.45) is 4.48. The number of hydrogen-bond acceptors (Lipinski definition) is 4. The molecule has 0 saturated heterocycles. The maximum atomic E-state index is 12.7. The Morgan fingerprint density at radius 1 is 1.22 bits per heavy atom. The molecule has 1 amide bonds. The molecule has 1 aromatic carbocycles. The predicted molar refractivity (Wildman–Crippen MR) is 101 cm³/mol. The van der Waals surface area contributed by atoms with Crippen LogP contribution in [0.3, 0.4) is 0 Å². The number of fused-ring (bicyclic) bond motifs is 1. The van der Waals surface area contributed by atoms with E-state index in [2.05, 4.69) is 36.2 Å². The minimum Gasteiger partial charge on any atom is -0.481 e. The Hall–Kier alpha value is -3.22. The summed E-state index contributed by atoms with van der Waals surface area (Å²) < 4.78 is 1.50. The number of aromatic nitrogens is 3. The van der Waals surface area contributed by atoms with E-state index in [1.165, 1.54) is 10.7 Å². The first-order valence-electron chi connectivity index (χ1n) is 8.67. The average Bonchev–Trinajstić information content (AvgIpc) is 3.04. The quantitative estimate of drug-likeness (QED) is 0.724. The molecular formula is C20H22N4O3. The van der Waals surface area contributed by atoms with Gasteiger partial charge in [0.25, 0.3) is 5.91 Å². The van der Waals surface area contributed by atoms with Crippen molar-refractivity contribution in [2.45, 2.75) is 38.6 Å². The number of rotatable bonds is 5. The van der Waals surface area contributed by atoms with E-state index in [4.69, 9.17) is 0 Å². The van der Waals surface area contributed by atoms with Gasteiger partial charge >= 0.3 is 5.97 Å². The predicted octanol–water partition coefficient (Wildman–Crippen LogP) is 2.97. The molecule has 2 aromatic heterocycles. The fourth-order valence-corrected chi connectivity index (χ4v) is 2.87. The Morgan fingerprint density at radius 2 is 1.93 bits per heavy atom. The lowest BCUT2D eigenvalue weighted by molar-refractivity contribution is -0.137. The number of nitrogens with zero attached hydrogens (tertiary/aromatic N) is 3.